The van der Waals surface area contributed by atoms with Gasteiger partial charge in [-0.15, -0.1) is 0 Å². The summed E-state index contributed by atoms with van der Waals surface area (Å²) in [4.78, 5) is 0. The van der Waals surface area contributed by atoms with Crippen molar-refractivity contribution in [1.82, 2.24) is 0 Å². The van der Waals surface area contributed by atoms with E-state index in [0.717, 1.165) is 36.8 Å². The molecule has 2 aromatic carbocycles. The smallest absolute Gasteiger partial charge is 0.0340 e. The molecule has 0 radical (unpaired) electrons. The van der Waals surface area contributed by atoms with E-state index in [-0.39, 0.29) is 0 Å². The Morgan fingerprint density at radius 3 is 1.40 bits per heavy atom. The minimum Gasteiger partial charge on any atom is -0.385 e. The molecular formula is C23H30N2. The van der Waals surface area contributed by atoms with Crippen LogP contribution in [0, 0.1) is 37.5 Å². The van der Waals surface area contributed by atoms with Gasteiger partial charge in [0.25, 0.3) is 0 Å². The van der Waals surface area contributed by atoms with Crippen molar-refractivity contribution in [2.24, 2.45) is 23.7 Å². The number of hydrogen-bond donors (Lipinski definition) is 2. The second-order valence-corrected chi connectivity index (χ2v) is 8.24. The molecule has 2 aliphatic carbocycles. The maximum Gasteiger partial charge on any atom is 0.0340 e. The quantitative estimate of drug-likeness (QED) is 0.730. The van der Waals surface area contributed by atoms with Crippen LogP contribution in [0.2, 0.25) is 0 Å². The standard InChI is InChI=1S/C23H30N2/c1-16-3-7-22(8-4-16)24-14-20-12-19-11-18(20)13-21(19)15-25-23-9-5-17(2)6-10-23/h3-10,18-21,24-25H,11-15H2,1-2H3. The largest absolute Gasteiger partial charge is 0.385 e. The molecule has 2 aliphatic rings. The number of anilines is 2. The molecule has 2 saturated carbocycles. The maximum absolute atomic E-state index is 3.66. The first kappa shape index (κ1) is 16.5. The lowest BCUT2D eigenvalue weighted by Gasteiger charge is -2.29. The molecule has 0 amide bonds. The van der Waals surface area contributed by atoms with Gasteiger partial charge in [0.1, 0.15) is 0 Å². The topological polar surface area (TPSA) is 24.1 Å². The highest BCUT2D eigenvalue weighted by Gasteiger charge is 2.45. The first-order valence-corrected chi connectivity index (χ1v) is 9.78. The number of nitrogens with one attached hydrogen (secondary N) is 2. The molecular weight excluding hydrogens is 304 g/mol. The van der Waals surface area contributed by atoms with E-state index in [1.807, 2.05) is 0 Å². The number of aryl methyl sites for hydroxylation is 2. The Bertz CT molecular complexity index is 628. The molecule has 0 aromatic heterocycles. The SMILES string of the molecule is Cc1ccc(NCC2CC3CC2CC3CNc2ccc(C)cc2)cc1. The monoisotopic (exact) mass is 334 g/mol. The molecule has 132 valence electrons. The van der Waals surface area contributed by atoms with Crippen molar-refractivity contribution >= 4 is 11.4 Å². The van der Waals surface area contributed by atoms with Gasteiger partial charge in [0.15, 0.2) is 0 Å². The molecule has 0 spiro atoms. The highest BCUT2D eigenvalue weighted by Crippen LogP contribution is 2.51. The Kier molecular flexibility index (Phi) is 4.70. The third-order valence-corrected chi connectivity index (χ3v) is 6.39. The van der Waals surface area contributed by atoms with Crippen molar-refractivity contribution in [2.75, 3.05) is 23.7 Å². The average molecular weight is 335 g/mol. The molecule has 2 heteroatoms. The van der Waals surface area contributed by atoms with Crippen LogP contribution in [-0.2, 0) is 0 Å². The van der Waals surface area contributed by atoms with Crippen LogP contribution in [0.1, 0.15) is 30.4 Å². The van der Waals surface area contributed by atoms with Gasteiger partial charge in [0.2, 0.25) is 0 Å². The molecule has 25 heavy (non-hydrogen) atoms. The van der Waals surface area contributed by atoms with Crippen molar-refractivity contribution in [3.63, 3.8) is 0 Å². The molecule has 0 aliphatic heterocycles. The molecule has 0 saturated heterocycles. The minimum atomic E-state index is 0.863. The van der Waals surface area contributed by atoms with Gasteiger partial charge in [0.05, 0.1) is 0 Å². The van der Waals surface area contributed by atoms with E-state index in [2.05, 4.69) is 73.0 Å². The predicted octanol–water partition coefficient (Wildman–Crippen LogP) is 5.49. The lowest BCUT2D eigenvalue weighted by Crippen LogP contribution is -2.27. The summed E-state index contributed by atoms with van der Waals surface area (Å²) in [6.45, 7) is 6.57. The highest BCUT2D eigenvalue weighted by atomic mass is 14.9. The Hall–Kier alpha value is -1.96. The Balaban J connectivity index is 1.24. The van der Waals surface area contributed by atoms with Crippen LogP contribution in [0.25, 0.3) is 0 Å². The van der Waals surface area contributed by atoms with E-state index in [1.54, 1.807) is 0 Å². The fourth-order valence-electron chi connectivity index (χ4n) is 4.85. The summed E-state index contributed by atoms with van der Waals surface area (Å²) in [7, 11) is 0. The summed E-state index contributed by atoms with van der Waals surface area (Å²) in [5.41, 5.74) is 5.20. The minimum absolute atomic E-state index is 0.863. The first-order valence-electron chi connectivity index (χ1n) is 9.78. The van der Waals surface area contributed by atoms with E-state index in [0.29, 0.717) is 0 Å². The Morgan fingerprint density at radius 1 is 0.640 bits per heavy atom. The van der Waals surface area contributed by atoms with Crippen molar-refractivity contribution < 1.29 is 0 Å². The van der Waals surface area contributed by atoms with Gasteiger partial charge in [-0.2, -0.15) is 0 Å². The fraction of sp³-hybridized carbons (Fsp3) is 0.478. The first-order chi connectivity index (χ1) is 12.2. The molecule has 4 unspecified atom stereocenters. The third-order valence-electron chi connectivity index (χ3n) is 6.39. The van der Waals surface area contributed by atoms with Crippen LogP contribution in [0.5, 0.6) is 0 Å². The van der Waals surface area contributed by atoms with Crippen LogP contribution in [-0.4, -0.2) is 13.1 Å². The van der Waals surface area contributed by atoms with E-state index >= 15 is 0 Å². The molecule has 2 nitrogen and oxygen atoms in total. The van der Waals surface area contributed by atoms with Gasteiger partial charge in [0, 0.05) is 24.5 Å². The number of benzene rings is 2. The lowest BCUT2D eigenvalue weighted by atomic mass is 9.82. The zero-order valence-corrected chi connectivity index (χ0v) is 15.5. The van der Waals surface area contributed by atoms with Gasteiger partial charge in [-0.1, -0.05) is 35.4 Å². The van der Waals surface area contributed by atoms with Crippen LogP contribution in [0.3, 0.4) is 0 Å². The second kappa shape index (κ2) is 7.11. The van der Waals surface area contributed by atoms with Crippen molar-refractivity contribution in [3.05, 3.63) is 59.7 Å². The van der Waals surface area contributed by atoms with E-state index in [1.165, 1.54) is 41.8 Å². The van der Waals surface area contributed by atoms with Crippen molar-refractivity contribution in [1.29, 1.82) is 0 Å². The number of fused-ring (bicyclic) bond motifs is 2. The summed E-state index contributed by atoms with van der Waals surface area (Å²) in [6.07, 6.45) is 4.26. The fourth-order valence-corrected chi connectivity index (χ4v) is 4.85. The number of hydrogen-bond acceptors (Lipinski definition) is 2. The van der Waals surface area contributed by atoms with Gasteiger partial charge < -0.3 is 10.6 Å². The number of rotatable bonds is 6. The molecule has 2 N–H and O–H groups in total. The summed E-state index contributed by atoms with van der Waals surface area (Å²) >= 11 is 0. The van der Waals surface area contributed by atoms with Crippen LogP contribution in [0.4, 0.5) is 11.4 Å². The molecule has 0 heterocycles. The molecule has 2 bridgehead atoms. The van der Waals surface area contributed by atoms with Gasteiger partial charge in [-0.3, -0.25) is 0 Å². The van der Waals surface area contributed by atoms with E-state index < -0.39 is 0 Å². The maximum atomic E-state index is 3.66. The third kappa shape index (κ3) is 3.84. The normalized spacial score (nSPS) is 27.4. The van der Waals surface area contributed by atoms with E-state index in [9.17, 15) is 0 Å². The molecule has 2 aromatic rings. The zero-order chi connectivity index (χ0) is 17.2. The summed E-state index contributed by atoms with van der Waals surface area (Å²) in [5, 5.41) is 7.32. The summed E-state index contributed by atoms with van der Waals surface area (Å²) < 4.78 is 0. The summed E-state index contributed by atoms with van der Waals surface area (Å²) in [5.74, 6) is 3.57. The van der Waals surface area contributed by atoms with Crippen LogP contribution < -0.4 is 10.6 Å². The van der Waals surface area contributed by atoms with Gasteiger partial charge in [-0.05, 0) is 81.0 Å². The Labute approximate surface area is 152 Å². The summed E-state index contributed by atoms with van der Waals surface area (Å²) in [6, 6.07) is 17.6. The van der Waals surface area contributed by atoms with Crippen LogP contribution in [0.15, 0.2) is 48.5 Å². The van der Waals surface area contributed by atoms with E-state index in [4.69, 9.17) is 0 Å². The average Bonchev–Trinajstić information content (AvgIpc) is 3.21. The van der Waals surface area contributed by atoms with Gasteiger partial charge in [-0.25, -0.2) is 0 Å². The van der Waals surface area contributed by atoms with Crippen molar-refractivity contribution in [3.8, 4) is 0 Å². The van der Waals surface area contributed by atoms with Gasteiger partial charge >= 0.3 is 0 Å². The predicted molar refractivity (Wildman–Crippen MR) is 107 cm³/mol. The lowest BCUT2D eigenvalue weighted by molar-refractivity contribution is 0.275. The molecule has 2 fully saturated rings. The van der Waals surface area contributed by atoms with Crippen molar-refractivity contribution in [2.45, 2.75) is 33.1 Å². The second-order valence-electron chi connectivity index (χ2n) is 8.24. The Morgan fingerprint density at radius 2 is 1.04 bits per heavy atom. The van der Waals surface area contributed by atoms with Crippen LogP contribution >= 0.6 is 0 Å². The molecule has 4 atom stereocenters. The zero-order valence-electron chi connectivity index (χ0n) is 15.5. The highest BCUT2D eigenvalue weighted by molar-refractivity contribution is 5.45. The molecule has 4 rings (SSSR count).